The SMILES string of the molecule is Cc1cc(F)ccc1NC1CS(=O)(=O)c2ccccc21. The Kier molecular flexibility index (Phi) is 3.01. The lowest BCUT2D eigenvalue weighted by molar-refractivity contribution is 0.598. The highest BCUT2D eigenvalue weighted by Crippen LogP contribution is 2.35. The second-order valence-corrected chi connectivity index (χ2v) is 6.98. The zero-order valence-electron chi connectivity index (χ0n) is 10.9. The summed E-state index contributed by atoms with van der Waals surface area (Å²) in [5.74, 6) is -0.268. The van der Waals surface area contributed by atoms with E-state index in [-0.39, 0.29) is 17.6 Å². The van der Waals surface area contributed by atoms with E-state index in [1.54, 1.807) is 25.1 Å². The number of sulfone groups is 1. The molecule has 0 saturated heterocycles. The minimum absolute atomic E-state index is 0.0309. The molecule has 1 unspecified atom stereocenters. The number of rotatable bonds is 2. The van der Waals surface area contributed by atoms with Gasteiger partial charge in [0, 0.05) is 5.69 Å². The van der Waals surface area contributed by atoms with Crippen molar-refractivity contribution in [1.29, 1.82) is 0 Å². The van der Waals surface area contributed by atoms with Crippen LogP contribution in [0.3, 0.4) is 0 Å². The van der Waals surface area contributed by atoms with Crippen LogP contribution in [0, 0.1) is 12.7 Å². The van der Waals surface area contributed by atoms with E-state index >= 15 is 0 Å². The van der Waals surface area contributed by atoms with Crippen molar-refractivity contribution in [3.8, 4) is 0 Å². The largest absolute Gasteiger partial charge is 0.377 e. The van der Waals surface area contributed by atoms with Crippen molar-refractivity contribution in [2.75, 3.05) is 11.1 Å². The second kappa shape index (κ2) is 4.59. The van der Waals surface area contributed by atoms with Crippen LogP contribution in [0.5, 0.6) is 0 Å². The first-order valence-electron chi connectivity index (χ1n) is 6.32. The maximum Gasteiger partial charge on any atom is 0.181 e. The summed E-state index contributed by atoms with van der Waals surface area (Å²) in [5, 5.41) is 3.20. The molecule has 5 heteroatoms. The molecule has 20 heavy (non-hydrogen) atoms. The Hall–Kier alpha value is -1.88. The van der Waals surface area contributed by atoms with E-state index in [2.05, 4.69) is 5.32 Å². The van der Waals surface area contributed by atoms with E-state index in [9.17, 15) is 12.8 Å². The van der Waals surface area contributed by atoms with Crippen LogP contribution in [-0.4, -0.2) is 14.2 Å². The Morgan fingerprint density at radius 1 is 1.20 bits per heavy atom. The summed E-state index contributed by atoms with van der Waals surface area (Å²) in [5.41, 5.74) is 2.28. The van der Waals surface area contributed by atoms with Crippen LogP contribution >= 0.6 is 0 Å². The van der Waals surface area contributed by atoms with Crippen LogP contribution in [0.25, 0.3) is 0 Å². The summed E-state index contributed by atoms with van der Waals surface area (Å²) >= 11 is 0. The third-order valence-electron chi connectivity index (χ3n) is 3.53. The Morgan fingerprint density at radius 3 is 2.70 bits per heavy atom. The van der Waals surface area contributed by atoms with Gasteiger partial charge in [0.1, 0.15) is 5.82 Å². The van der Waals surface area contributed by atoms with E-state index < -0.39 is 9.84 Å². The Morgan fingerprint density at radius 2 is 1.95 bits per heavy atom. The van der Waals surface area contributed by atoms with Gasteiger partial charge < -0.3 is 5.32 Å². The predicted molar refractivity (Wildman–Crippen MR) is 76.0 cm³/mol. The molecule has 1 heterocycles. The molecule has 0 radical (unpaired) electrons. The third kappa shape index (κ3) is 2.18. The quantitative estimate of drug-likeness (QED) is 0.925. The maximum absolute atomic E-state index is 13.1. The molecule has 1 aliphatic heterocycles. The number of halogens is 1. The van der Waals surface area contributed by atoms with E-state index in [0.717, 1.165) is 16.8 Å². The van der Waals surface area contributed by atoms with E-state index in [1.807, 2.05) is 12.1 Å². The minimum Gasteiger partial charge on any atom is -0.377 e. The molecule has 0 fully saturated rings. The number of nitrogens with one attached hydrogen (secondary N) is 1. The van der Waals surface area contributed by atoms with E-state index in [4.69, 9.17) is 0 Å². The van der Waals surface area contributed by atoms with Gasteiger partial charge in [-0.2, -0.15) is 0 Å². The molecule has 104 valence electrons. The second-order valence-electron chi connectivity index (χ2n) is 4.98. The van der Waals surface area contributed by atoms with Crippen LogP contribution in [0.15, 0.2) is 47.4 Å². The summed E-state index contributed by atoms with van der Waals surface area (Å²) in [6, 6.07) is 11.1. The fraction of sp³-hybridized carbons (Fsp3) is 0.200. The first kappa shape index (κ1) is 13.1. The Bertz CT molecular complexity index is 771. The average Bonchev–Trinajstić information content (AvgIpc) is 2.65. The first-order valence-corrected chi connectivity index (χ1v) is 7.97. The van der Waals surface area contributed by atoms with Crippen molar-refractivity contribution in [2.45, 2.75) is 17.9 Å². The van der Waals surface area contributed by atoms with Crippen LogP contribution in [0.4, 0.5) is 10.1 Å². The van der Waals surface area contributed by atoms with Gasteiger partial charge in [-0.3, -0.25) is 0 Å². The highest BCUT2D eigenvalue weighted by molar-refractivity contribution is 7.91. The number of hydrogen-bond donors (Lipinski definition) is 1. The van der Waals surface area contributed by atoms with Crippen LogP contribution in [0.2, 0.25) is 0 Å². The molecule has 2 aromatic rings. The topological polar surface area (TPSA) is 46.2 Å². The van der Waals surface area contributed by atoms with Gasteiger partial charge in [-0.05, 0) is 42.3 Å². The zero-order valence-corrected chi connectivity index (χ0v) is 11.7. The molecule has 0 saturated carbocycles. The lowest BCUT2D eigenvalue weighted by Crippen LogP contribution is -2.13. The average molecular weight is 291 g/mol. The highest BCUT2D eigenvalue weighted by atomic mass is 32.2. The van der Waals surface area contributed by atoms with Gasteiger partial charge in [0.05, 0.1) is 16.7 Å². The van der Waals surface area contributed by atoms with E-state index in [1.165, 1.54) is 12.1 Å². The smallest absolute Gasteiger partial charge is 0.181 e. The molecule has 0 aromatic heterocycles. The minimum atomic E-state index is -3.23. The third-order valence-corrected chi connectivity index (χ3v) is 5.35. The molecule has 0 spiro atoms. The molecule has 1 N–H and O–H groups in total. The fourth-order valence-corrected chi connectivity index (χ4v) is 4.28. The Balaban J connectivity index is 1.97. The Labute approximate surface area is 117 Å². The van der Waals surface area contributed by atoms with Crippen LogP contribution < -0.4 is 5.32 Å². The normalized spacial score (nSPS) is 19.6. The summed E-state index contributed by atoms with van der Waals surface area (Å²) in [4.78, 5) is 0.386. The summed E-state index contributed by atoms with van der Waals surface area (Å²) in [6.45, 7) is 1.79. The number of hydrogen-bond acceptors (Lipinski definition) is 3. The number of anilines is 1. The molecular formula is C15H14FNO2S. The van der Waals surface area contributed by atoms with Crippen molar-refractivity contribution < 1.29 is 12.8 Å². The maximum atomic E-state index is 13.1. The van der Waals surface area contributed by atoms with Crippen LogP contribution in [0.1, 0.15) is 17.2 Å². The highest BCUT2D eigenvalue weighted by Gasteiger charge is 2.34. The first-order chi connectivity index (χ1) is 9.47. The van der Waals surface area contributed by atoms with Gasteiger partial charge in [-0.15, -0.1) is 0 Å². The van der Waals surface area contributed by atoms with Gasteiger partial charge in [-0.25, -0.2) is 12.8 Å². The molecule has 2 aromatic carbocycles. The van der Waals surface area contributed by atoms with Crippen LogP contribution in [-0.2, 0) is 9.84 Å². The molecule has 1 aliphatic rings. The molecular weight excluding hydrogens is 277 g/mol. The molecule has 3 nitrogen and oxygen atoms in total. The standard InChI is InChI=1S/C15H14FNO2S/c1-10-8-11(16)6-7-13(10)17-14-9-20(18,19)15-5-3-2-4-12(14)15/h2-8,14,17H,9H2,1H3. The molecule has 1 atom stereocenters. The summed E-state index contributed by atoms with van der Waals surface area (Å²) < 4.78 is 37.3. The zero-order chi connectivity index (χ0) is 14.3. The molecule has 0 amide bonds. The predicted octanol–water partition coefficient (Wildman–Crippen LogP) is 3.07. The van der Waals surface area contributed by atoms with Gasteiger partial charge in [0.2, 0.25) is 0 Å². The summed E-state index contributed by atoms with van der Waals surface area (Å²) in [6.07, 6.45) is 0. The lowest BCUT2D eigenvalue weighted by Gasteiger charge is -2.16. The van der Waals surface area contributed by atoms with Crippen molar-refractivity contribution in [2.24, 2.45) is 0 Å². The fourth-order valence-electron chi connectivity index (χ4n) is 2.55. The van der Waals surface area contributed by atoms with Crippen molar-refractivity contribution in [1.82, 2.24) is 0 Å². The molecule has 0 aliphatic carbocycles. The van der Waals surface area contributed by atoms with Crippen molar-refractivity contribution in [3.63, 3.8) is 0 Å². The van der Waals surface area contributed by atoms with Gasteiger partial charge in [0.25, 0.3) is 0 Å². The number of benzene rings is 2. The molecule has 0 bridgehead atoms. The number of fused-ring (bicyclic) bond motifs is 1. The van der Waals surface area contributed by atoms with Gasteiger partial charge in [0.15, 0.2) is 9.84 Å². The van der Waals surface area contributed by atoms with Gasteiger partial charge >= 0.3 is 0 Å². The monoisotopic (exact) mass is 291 g/mol. The lowest BCUT2D eigenvalue weighted by atomic mass is 10.1. The molecule has 3 rings (SSSR count). The van der Waals surface area contributed by atoms with E-state index in [0.29, 0.717) is 4.90 Å². The van der Waals surface area contributed by atoms with Crippen molar-refractivity contribution >= 4 is 15.5 Å². The van der Waals surface area contributed by atoms with Gasteiger partial charge in [-0.1, -0.05) is 18.2 Å². The summed E-state index contributed by atoms with van der Waals surface area (Å²) in [7, 11) is -3.23. The van der Waals surface area contributed by atoms with Crippen molar-refractivity contribution in [3.05, 3.63) is 59.4 Å². The number of aryl methyl sites for hydroxylation is 1.